The van der Waals surface area contributed by atoms with Crippen molar-refractivity contribution in [1.29, 1.82) is 0 Å². The zero-order chi connectivity index (χ0) is 14.5. The van der Waals surface area contributed by atoms with Crippen LogP contribution in [0.3, 0.4) is 0 Å². The van der Waals surface area contributed by atoms with E-state index in [-0.39, 0.29) is 12.3 Å². The molecule has 5 nitrogen and oxygen atoms in total. The molecule has 0 bridgehead atoms. The Morgan fingerprint density at radius 2 is 2.10 bits per heavy atom. The van der Waals surface area contributed by atoms with Crippen LogP contribution in [0.15, 0.2) is 46.9 Å². The van der Waals surface area contributed by atoms with Gasteiger partial charge in [-0.1, -0.05) is 22.0 Å². The minimum Gasteiger partial charge on any atom is -0.489 e. The fraction of sp³-hybridized carbons (Fsp3) is 0.143. The van der Waals surface area contributed by atoms with E-state index in [0.29, 0.717) is 5.75 Å². The molecule has 2 aromatic rings. The second-order valence-corrected chi connectivity index (χ2v) is 5.01. The van der Waals surface area contributed by atoms with Gasteiger partial charge < -0.3 is 10.1 Å². The molecule has 0 atom stereocenters. The third-order valence-corrected chi connectivity index (χ3v) is 3.25. The number of anilines is 1. The van der Waals surface area contributed by atoms with Crippen LogP contribution in [-0.2, 0) is 6.61 Å². The van der Waals surface area contributed by atoms with Gasteiger partial charge in [0.25, 0.3) is 5.69 Å². The lowest BCUT2D eigenvalue weighted by atomic mass is 10.1. The second-order valence-electron chi connectivity index (χ2n) is 4.09. The molecule has 104 valence electrons. The first-order valence-corrected chi connectivity index (χ1v) is 6.73. The number of hydrogen-bond acceptors (Lipinski definition) is 4. The van der Waals surface area contributed by atoms with E-state index in [4.69, 9.17) is 4.74 Å². The van der Waals surface area contributed by atoms with Gasteiger partial charge in [-0.3, -0.25) is 10.1 Å². The molecule has 0 saturated carbocycles. The second kappa shape index (κ2) is 6.38. The molecular formula is C14H13BrN2O3. The number of benzene rings is 2. The van der Waals surface area contributed by atoms with E-state index in [0.717, 1.165) is 15.7 Å². The van der Waals surface area contributed by atoms with Gasteiger partial charge >= 0.3 is 0 Å². The topological polar surface area (TPSA) is 64.4 Å². The smallest absolute Gasteiger partial charge is 0.269 e. The maximum atomic E-state index is 10.8. The van der Waals surface area contributed by atoms with Crippen molar-refractivity contribution >= 4 is 27.3 Å². The average molecular weight is 337 g/mol. The van der Waals surface area contributed by atoms with Crippen LogP contribution in [0.4, 0.5) is 11.4 Å². The lowest BCUT2D eigenvalue weighted by Crippen LogP contribution is -2.02. The average Bonchev–Trinajstić information content (AvgIpc) is 2.44. The van der Waals surface area contributed by atoms with Crippen LogP contribution >= 0.6 is 15.9 Å². The Morgan fingerprint density at radius 1 is 1.30 bits per heavy atom. The Hall–Kier alpha value is -2.08. The standard InChI is InChI=1S/C14H13BrN2O3/c1-16-14-6-5-12(17(18)19)7-10(14)9-20-13-4-2-3-11(15)8-13/h2-8,16H,9H2,1H3. The number of hydrogen-bond donors (Lipinski definition) is 1. The highest BCUT2D eigenvalue weighted by molar-refractivity contribution is 9.10. The molecule has 6 heteroatoms. The van der Waals surface area contributed by atoms with Crippen LogP contribution in [0, 0.1) is 10.1 Å². The summed E-state index contributed by atoms with van der Waals surface area (Å²) >= 11 is 3.37. The Balaban J connectivity index is 2.19. The van der Waals surface area contributed by atoms with Gasteiger partial charge in [0, 0.05) is 34.9 Å². The van der Waals surface area contributed by atoms with Gasteiger partial charge in [-0.05, 0) is 24.3 Å². The number of ether oxygens (including phenoxy) is 1. The molecule has 0 unspecified atom stereocenters. The summed E-state index contributed by atoms with van der Waals surface area (Å²) < 4.78 is 6.58. The van der Waals surface area contributed by atoms with Gasteiger partial charge in [-0.2, -0.15) is 0 Å². The van der Waals surface area contributed by atoms with E-state index in [9.17, 15) is 10.1 Å². The minimum atomic E-state index is -0.415. The van der Waals surface area contributed by atoms with Gasteiger partial charge in [0.2, 0.25) is 0 Å². The highest BCUT2D eigenvalue weighted by Gasteiger charge is 2.10. The summed E-state index contributed by atoms with van der Waals surface area (Å²) in [4.78, 5) is 10.4. The first-order chi connectivity index (χ1) is 9.60. The molecule has 20 heavy (non-hydrogen) atoms. The van der Waals surface area contributed by atoms with Gasteiger partial charge in [0.05, 0.1) is 4.92 Å². The minimum absolute atomic E-state index is 0.0526. The first kappa shape index (κ1) is 14.3. The van der Waals surface area contributed by atoms with Gasteiger partial charge in [-0.15, -0.1) is 0 Å². The fourth-order valence-electron chi connectivity index (χ4n) is 1.77. The van der Waals surface area contributed by atoms with Crippen molar-refractivity contribution in [2.45, 2.75) is 6.61 Å². The van der Waals surface area contributed by atoms with E-state index >= 15 is 0 Å². The summed E-state index contributed by atoms with van der Waals surface area (Å²) in [5.74, 6) is 0.702. The summed E-state index contributed by atoms with van der Waals surface area (Å²) in [7, 11) is 1.77. The summed E-state index contributed by atoms with van der Waals surface area (Å²) in [6, 6.07) is 12.1. The predicted molar refractivity (Wildman–Crippen MR) is 81.1 cm³/mol. The van der Waals surface area contributed by atoms with Crippen LogP contribution in [0.25, 0.3) is 0 Å². The number of nitro groups is 1. The number of halogens is 1. The summed E-state index contributed by atoms with van der Waals surface area (Å²) in [6.07, 6.45) is 0. The Kier molecular flexibility index (Phi) is 4.57. The molecule has 0 amide bonds. The molecule has 0 aliphatic carbocycles. The largest absolute Gasteiger partial charge is 0.489 e. The summed E-state index contributed by atoms with van der Waals surface area (Å²) in [5.41, 5.74) is 1.60. The van der Waals surface area contributed by atoms with E-state index in [2.05, 4.69) is 21.2 Å². The number of non-ortho nitro benzene ring substituents is 1. The molecule has 0 radical (unpaired) electrons. The monoisotopic (exact) mass is 336 g/mol. The molecule has 2 rings (SSSR count). The van der Waals surface area contributed by atoms with Crippen LogP contribution in [0.5, 0.6) is 5.75 Å². The number of nitrogens with one attached hydrogen (secondary N) is 1. The van der Waals surface area contributed by atoms with Crippen LogP contribution < -0.4 is 10.1 Å². The van der Waals surface area contributed by atoms with Crippen molar-refractivity contribution in [1.82, 2.24) is 0 Å². The number of nitrogens with zero attached hydrogens (tertiary/aromatic N) is 1. The Bertz CT molecular complexity index is 632. The maximum Gasteiger partial charge on any atom is 0.269 e. The normalized spacial score (nSPS) is 10.1. The van der Waals surface area contributed by atoms with Crippen LogP contribution in [0.1, 0.15) is 5.56 Å². The summed E-state index contributed by atoms with van der Waals surface area (Å²) in [6.45, 7) is 0.258. The van der Waals surface area contributed by atoms with E-state index in [1.165, 1.54) is 12.1 Å². The molecule has 0 saturated heterocycles. The molecule has 0 spiro atoms. The molecule has 0 aromatic heterocycles. The van der Waals surface area contributed by atoms with Crippen molar-refractivity contribution < 1.29 is 9.66 Å². The third kappa shape index (κ3) is 3.48. The lowest BCUT2D eigenvalue weighted by molar-refractivity contribution is -0.384. The summed E-state index contributed by atoms with van der Waals surface area (Å²) in [5, 5.41) is 13.8. The molecule has 0 aliphatic heterocycles. The molecule has 2 aromatic carbocycles. The Morgan fingerprint density at radius 3 is 2.75 bits per heavy atom. The van der Waals surface area contributed by atoms with Gasteiger partial charge in [-0.25, -0.2) is 0 Å². The number of rotatable bonds is 5. The van der Waals surface area contributed by atoms with Crippen LogP contribution in [-0.4, -0.2) is 12.0 Å². The van der Waals surface area contributed by atoms with Crippen molar-refractivity contribution in [3.63, 3.8) is 0 Å². The molecule has 0 fully saturated rings. The zero-order valence-corrected chi connectivity index (χ0v) is 12.4. The maximum absolute atomic E-state index is 10.8. The van der Waals surface area contributed by atoms with E-state index < -0.39 is 4.92 Å². The molecule has 1 N–H and O–H groups in total. The van der Waals surface area contributed by atoms with Crippen molar-refractivity contribution in [3.8, 4) is 5.75 Å². The molecular weight excluding hydrogens is 324 g/mol. The SMILES string of the molecule is CNc1ccc([N+](=O)[O-])cc1COc1cccc(Br)c1. The zero-order valence-electron chi connectivity index (χ0n) is 10.8. The fourth-order valence-corrected chi connectivity index (χ4v) is 2.15. The highest BCUT2D eigenvalue weighted by Crippen LogP contribution is 2.24. The van der Waals surface area contributed by atoms with Gasteiger partial charge in [0.15, 0.2) is 0 Å². The van der Waals surface area contributed by atoms with Gasteiger partial charge in [0.1, 0.15) is 12.4 Å². The number of nitro benzene ring substituents is 1. The third-order valence-electron chi connectivity index (χ3n) is 2.76. The molecule has 0 aliphatic rings. The van der Waals surface area contributed by atoms with E-state index in [1.54, 1.807) is 13.1 Å². The lowest BCUT2D eigenvalue weighted by Gasteiger charge is -2.11. The van der Waals surface area contributed by atoms with Crippen molar-refractivity contribution in [3.05, 3.63) is 62.6 Å². The van der Waals surface area contributed by atoms with E-state index in [1.807, 2.05) is 24.3 Å². The molecule has 0 heterocycles. The van der Waals surface area contributed by atoms with Crippen molar-refractivity contribution in [2.75, 3.05) is 12.4 Å². The van der Waals surface area contributed by atoms with Crippen LogP contribution in [0.2, 0.25) is 0 Å². The predicted octanol–water partition coefficient (Wildman–Crippen LogP) is 3.98. The quantitative estimate of drug-likeness (QED) is 0.662. The van der Waals surface area contributed by atoms with Crippen molar-refractivity contribution in [2.24, 2.45) is 0 Å². The highest BCUT2D eigenvalue weighted by atomic mass is 79.9. The Labute approximate surface area is 124 Å². The first-order valence-electron chi connectivity index (χ1n) is 5.93.